The zero-order chi connectivity index (χ0) is 22.1. The fraction of sp³-hybridized carbons (Fsp3) is 0.550. The second-order valence-corrected chi connectivity index (χ2v) is 8.20. The minimum atomic E-state index is -1.07. The molecule has 0 bridgehead atoms. The van der Waals surface area contributed by atoms with Gasteiger partial charge >= 0.3 is 6.03 Å². The van der Waals surface area contributed by atoms with Gasteiger partial charge in [0.05, 0.1) is 14.2 Å². The minimum Gasteiger partial charge on any atom is -0.495 e. The Labute approximate surface area is 180 Å². The van der Waals surface area contributed by atoms with Gasteiger partial charge in [-0.15, -0.1) is 0 Å². The number of anilines is 1. The molecule has 2 aliphatic heterocycles. The van der Waals surface area contributed by atoms with Crippen LogP contribution in [0.4, 0.5) is 10.5 Å². The summed E-state index contributed by atoms with van der Waals surface area (Å²) in [5, 5.41) is 5.26. The highest BCUT2D eigenvalue weighted by atomic mass is 35.5. The lowest BCUT2D eigenvalue weighted by Crippen LogP contribution is -2.52. The number of amides is 4. The van der Waals surface area contributed by atoms with Crippen LogP contribution in [0.1, 0.15) is 20.3 Å². The lowest BCUT2D eigenvalue weighted by molar-refractivity contribution is -0.136. The van der Waals surface area contributed by atoms with Crippen molar-refractivity contribution in [1.82, 2.24) is 15.5 Å². The molecule has 9 nitrogen and oxygen atoms in total. The number of piperazine rings is 1. The number of carbonyl (C=O) groups excluding carboxylic acids is 3. The van der Waals surface area contributed by atoms with Gasteiger partial charge in [0.1, 0.15) is 22.1 Å². The highest BCUT2D eigenvalue weighted by Gasteiger charge is 2.44. The van der Waals surface area contributed by atoms with Gasteiger partial charge in [-0.05, 0) is 13.3 Å². The van der Waals surface area contributed by atoms with Crippen molar-refractivity contribution in [1.29, 1.82) is 0 Å². The molecule has 2 heterocycles. The lowest BCUT2D eigenvalue weighted by Gasteiger charge is -2.38. The summed E-state index contributed by atoms with van der Waals surface area (Å²) in [5.41, 5.74) is -0.157. The van der Waals surface area contributed by atoms with E-state index < -0.39 is 23.4 Å². The maximum Gasteiger partial charge on any atom is 0.322 e. The van der Waals surface area contributed by atoms with Gasteiger partial charge < -0.3 is 24.6 Å². The van der Waals surface area contributed by atoms with Crippen LogP contribution in [0.25, 0.3) is 0 Å². The van der Waals surface area contributed by atoms with Gasteiger partial charge in [0, 0.05) is 49.9 Å². The lowest BCUT2D eigenvalue weighted by atomic mass is 9.89. The molecule has 0 radical (unpaired) electrons. The SMILES string of the molecule is COc1cc(N2CCN(C(=O)C(C)CC3(C)NC(=O)NC3=O)CC2)cc(OC)c1Cl. The van der Waals surface area contributed by atoms with E-state index in [0.717, 1.165) is 5.69 Å². The number of ether oxygens (including phenoxy) is 2. The number of nitrogens with zero attached hydrogens (tertiary/aromatic N) is 2. The molecule has 164 valence electrons. The Balaban J connectivity index is 1.62. The largest absolute Gasteiger partial charge is 0.495 e. The third kappa shape index (κ3) is 4.26. The molecule has 2 atom stereocenters. The molecule has 2 fully saturated rings. The normalized spacial score (nSPS) is 22.4. The molecule has 2 aliphatic rings. The third-order valence-electron chi connectivity index (χ3n) is 5.64. The van der Waals surface area contributed by atoms with Crippen molar-refractivity contribution >= 4 is 35.1 Å². The average Bonchev–Trinajstić information content (AvgIpc) is 2.98. The van der Waals surface area contributed by atoms with E-state index in [0.29, 0.717) is 42.7 Å². The molecule has 4 amide bonds. The molecular formula is C20H27ClN4O5. The molecule has 2 N–H and O–H groups in total. The average molecular weight is 439 g/mol. The second kappa shape index (κ2) is 8.59. The van der Waals surface area contributed by atoms with Crippen LogP contribution in [0.2, 0.25) is 5.02 Å². The second-order valence-electron chi connectivity index (χ2n) is 7.82. The van der Waals surface area contributed by atoms with Crippen LogP contribution in [0.5, 0.6) is 11.5 Å². The van der Waals surface area contributed by atoms with E-state index in [1.54, 1.807) is 33.0 Å². The fourth-order valence-electron chi connectivity index (χ4n) is 3.96. The van der Waals surface area contributed by atoms with Crippen LogP contribution >= 0.6 is 11.6 Å². The van der Waals surface area contributed by atoms with Gasteiger partial charge in [0.15, 0.2) is 0 Å². The zero-order valence-corrected chi connectivity index (χ0v) is 18.3. The van der Waals surface area contributed by atoms with Crippen molar-refractivity contribution in [2.75, 3.05) is 45.3 Å². The Morgan fingerprint density at radius 2 is 1.73 bits per heavy atom. The molecule has 2 saturated heterocycles. The van der Waals surface area contributed by atoms with Crippen molar-refractivity contribution in [3.63, 3.8) is 0 Å². The number of methoxy groups -OCH3 is 2. The Hall–Kier alpha value is -2.68. The molecule has 2 unspecified atom stereocenters. The number of hydrogen-bond donors (Lipinski definition) is 2. The number of benzene rings is 1. The molecule has 0 saturated carbocycles. The number of rotatable bonds is 6. The first kappa shape index (κ1) is 22.0. The number of nitrogens with one attached hydrogen (secondary N) is 2. The molecule has 30 heavy (non-hydrogen) atoms. The van der Waals surface area contributed by atoms with Crippen molar-refractivity contribution in [2.24, 2.45) is 5.92 Å². The summed E-state index contributed by atoms with van der Waals surface area (Å²) in [6.45, 7) is 5.79. The summed E-state index contributed by atoms with van der Waals surface area (Å²) in [6.07, 6.45) is 0.245. The van der Waals surface area contributed by atoms with Gasteiger partial charge in [0.25, 0.3) is 5.91 Å². The standard InChI is InChI=1S/C20H27ClN4O5/c1-12(11-20(2)18(27)22-19(28)23-20)17(26)25-7-5-24(6-8-25)13-9-14(29-3)16(21)15(10-13)30-4/h9-10,12H,5-8,11H2,1-4H3,(H2,22,23,27,28). The quantitative estimate of drug-likeness (QED) is 0.655. The summed E-state index contributed by atoms with van der Waals surface area (Å²) < 4.78 is 10.7. The van der Waals surface area contributed by atoms with Crippen molar-refractivity contribution < 1.29 is 23.9 Å². The monoisotopic (exact) mass is 438 g/mol. The summed E-state index contributed by atoms with van der Waals surface area (Å²) >= 11 is 6.24. The van der Waals surface area contributed by atoms with Crippen LogP contribution in [0, 0.1) is 5.92 Å². The van der Waals surface area contributed by atoms with Gasteiger partial charge in [-0.3, -0.25) is 14.9 Å². The first-order valence-electron chi connectivity index (χ1n) is 9.77. The predicted molar refractivity (Wildman–Crippen MR) is 112 cm³/mol. The molecule has 3 rings (SSSR count). The molecule has 1 aromatic rings. The molecule has 1 aromatic carbocycles. The third-order valence-corrected chi connectivity index (χ3v) is 6.01. The zero-order valence-electron chi connectivity index (χ0n) is 17.6. The summed E-state index contributed by atoms with van der Waals surface area (Å²) in [5.74, 6) is 0.228. The van der Waals surface area contributed by atoms with Crippen LogP contribution in [0.3, 0.4) is 0 Å². The maximum absolute atomic E-state index is 12.9. The minimum absolute atomic E-state index is 0.0314. The van der Waals surface area contributed by atoms with Gasteiger partial charge in [0.2, 0.25) is 5.91 Å². The van der Waals surface area contributed by atoms with Crippen molar-refractivity contribution in [3.05, 3.63) is 17.2 Å². The molecule has 0 spiro atoms. The summed E-state index contributed by atoms with van der Waals surface area (Å²) in [4.78, 5) is 40.3. The fourth-order valence-corrected chi connectivity index (χ4v) is 4.22. The van der Waals surface area contributed by atoms with E-state index in [9.17, 15) is 14.4 Å². The van der Waals surface area contributed by atoms with Crippen LogP contribution in [-0.4, -0.2) is 68.7 Å². The first-order valence-corrected chi connectivity index (χ1v) is 10.1. The topological polar surface area (TPSA) is 100 Å². The highest BCUT2D eigenvalue weighted by molar-refractivity contribution is 6.33. The van der Waals surface area contributed by atoms with Gasteiger partial charge in [-0.1, -0.05) is 18.5 Å². The summed E-state index contributed by atoms with van der Waals surface area (Å²) in [6, 6.07) is 3.19. The highest BCUT2D eigenvalue weighted by Crippen LogP contribution is 2.38. The van der Waals surface area contributed by atoms with Crippen LogP contribution in [0.15, 0.2) is 12.1 Å². The van der Waals surface area contributed by atoms with Crippen molar-refractivity contribution in [2.45, 2.75) is 25.8 Å². The van der Waals surface area contributed by atoms with Crippen molar-refractivity contribution in [3.8, 4) is 11.5 Å². The number of urea groups is 1. The van der Waals surface area contributed by atoms with E-state index in [1.165, 1.54) is 0 Å². The number of hydrogen-bond acceptors (Lipinski definition) is 6. The Kier molecular flexibility index (Phi) is 6.30. The first-order chi connectivity index (χ1) is 14.2. The summed E-state index contributed by atoms with van der Waals surface area (Å²) in [7, 11) is 3.10. The maximum atomic E-state index is 12.9. The molecule has 0 aromatic heterocycles. The van der Waals surface area contributed by atoms with Crippen LogP contribution in [-0.2, 0) is 9.59 Å². The van der Waals surface area contributed by atoms with Gasteiger partial charge in [-0.2, -0.15) is 0 Å². The predicted octanol–water partition coefficient (Wildman–Crippen LogP) is 1.63. The Morgan fingerprint density at radius 3 is 2.20 bits per heavy atom. The van der Waals surface area contributed by atoms with E-state index in [4.69, 9.17) is 21.1 Å². The Morgan fingerprint density at radius 1 is 1.17 bits per heavy atom. The Bertz CT molecular complexity index is 831. The molecule has 0 aliphatic carbocycles. The van der Waals surface area contributed by atoms with E-state index in [-0.39, 0.29) is 12.3 Å². The molecule has 10 heteroatoms. The van der Waals surface area contributed by atoms with E-state index in [2.05, 4.69) is 15.5 Å². The number of carbonyl (C=O) groups is 3. The van der Waals surface area contributed by atoms with E-state index >= 15 is 0 Å². The smallest absolute Gasteiger partial charge is 0.322 e. The number of halogens is 1. The van der Waals surface area contributed by atoms with Gasteiger partial charge in [-0.25, -0.2) is 4.79 Å². The van der Waals surface area contributed by atoms with E-state index in [1.807, 2.05) is 12.1 Å². The number of imide groups is 1. The van der Waals surface area contributed by atoms with Crippen LogP contribution < -0.4 is 25.0 Å². The molecular weight excluding hydrogens is 412 g/mol.